The summed E-state index contributed by atoms with van der Waals surface area (Å²) >= 11 is 9.86. The summed E-state index contributed by atoms with van der Waals surface area (Å²) in [5.74, 6) is 5.75. The minimum Gasteiger partial charge on any atom is -0.271 e. The summed E-state index contributed by atoms with van der Waals surface area (Å²) in [6, 6.07) is 17.3. The highest BCUT2D eigenvalue weighted by molar-refractivity contribution is 9.10. The first-order chi connectivity index (χ1) is 10.2. The Morgan fingerprint density at radius 3 is 2.57 bits per heavy atom. The molecule has 0 aliphatic carbocycles. The van der Waals surface area contributed by atoms with Crippen LogP contribution in [0.25, 0.3) is 10.9 Å². The van der Waals surface area contributed by atoms with Crippen LogP contribution in [0.15, 0.2) is 59.1 Å². The quantitative estimate of drug-likeness (QED) is 0.542. The van der Waals surface area contributed by atoms with Crippen LogP contribution in [-0.2, 0) is 0 Å². The van der Waals surface area contributed by atoms with Crippen LogP contribution in [0, 0.1) is 0 Å². The second kappa shape index (κ2) is 6.12. The number of benzene rings is 2. The van der Waals surface area contributed by atoms with Crippen LogP contribution in [0.3, 0.4) is 0 Å². The molecule has 0 spiro atoms. The van der Waals surface area contributed by atoms with E-state index in [4.69, 9.17) is 22.4 Å². The Bertz CT molecular complexity index is 791. The van der Waals surface area contributed by atoms with E-state index < -0.39 is 0 Å². The molecule has 1 aromatic heterocycles. The third-order valence-corrected chi connectivity index (χ3v) is 4.34. The van der Waals surface area contributed by atoms with Gasteiger partial charge in [-0.2, -0.15) is 0 Å². The van der Waals surface area contributed by atoms with Crippen molar-refractivity contribution in [2.75, 3.05) is 0 Å². The number of nitrogens with zero attached hydrogens (tertiary/aromatic N) is 1. The SMILES string of the molecule is NNC(c1ccccc1Cl)c1nc2ccccc2cc1Br. The average molecular weight is 363 g/mol. The largest absolute Gasteiger partial charge is 0.271 e. The molecule has 2 aromatic carbocycles. The topological polar surface area (TPSA) is 50.9 Å². The highest BCUT2D eigenvalue weighted by Crippen LogP contribution is 2.32. The smallest absolute Gasteiger partial charge is 0.0907 e. The van der Waals surface area contributed by atoms with Crippen LogP contribution < -0.4 is 11.3 Å². The summed E-state index contributed by atoms with van der Waals surface area (Å²) in [6.45, 7) is 0. The van der Waals surface area contributed by atoms with Gasteiger partial charge in [0.05, 0.1) is 17.3 Å². The van der Waals surface area contributed by atoms with Crippen molar-refractivity contribution in [3.63, 3.8) is 0 Å². The Morgan fingerprint density at radius 2 is 1.81 bits per heavy atom. The molecule has 1 heterocycles. The molecule has 0 aliphatic rings. The predicted molar refractivity (Wildman–Crippen MR) is 90.1 cm³/mol. The summed E-state index contributed by atoms with van der Waals surface area (Å²) in [5.41, 5.74) is 5.43. The zero-order valence-electron chi connectivity index (χ0n) is 11.1. The van der Waals surface area contributed by atoms with Crippen molar-refractivity contribution in [1.82, 2.24) is 10.4 Å². The number of hydrogen-bond donors (Lipinski definition) is 2. The molecule has 0 saturated heterocycles. The van der Waals surface area contributed by atoms with Gasteiger partial charge in [0.15, 0.2) is 0 Å². The lowest BCUT2D eigenvalue weighted by Crippen LogP contribution is -2.30. The van der Waals surface area contributed by atoms with Crippen molar-refractivity contribution in [2.24, 2.45) is 5.84 Å². The number of nitrogens with one attached hydrogen (secondary N) is 1. The molecule has 0 aliphatic heterocycles. The fourth-order valence-electron chi connectivity index (χ4n) is 2.33. The number of nitrogens with two attached hydrogens (primary N) is 1. The zero-order chi connectivity index (χ0) is 14.8. The van der Waals surface area contributed by atoms with Gasteiger partial charge in [0.25, 0.3) is 0 Å². The first-order valence-corrected chi connectivity index (χ1v) is 7.63. The second-order valence-electron chi connectivity index (χ2n) is 4.67. The van der Waals surface area contributed by atoms with Gasteiger partial charge in [0.1, 0.15) is 0 Å². The number of hydrazine groups is 1. The fourth-order valence-corrected chi connectivity index (χ4v) is 3.14. The molecule has 0 amide bonds. The Kier molecular flexibility index (Phi) is 4.22. The molecule has 3 aromatic rings. The summed E-state index contributed by atoms with van der Waals surface area (Å²) < 4.78 is 0.893. The number of hydrogen-bond acceptors (Lipinski definition) is 3. The van der Waals surface area contributed by atoms with Crippen molar-refractivity contribution in [2.45, 2.75) is 6.04 Å². The summed E-state index contributed by atoms with van der Waals surface area (Å²) in [7, 11) is 0. The molecule has 3 nitrogen and oxygen atoms in total. The van der Waals surface area contributed by atoms with Gasteiger partial charge >= 0.3 is 0 Å². The van der Waals surface area contributed by atoms with Gasteiger partial charge in [0, 0.05) is 14.9 Å². The van der Waals surface area contributed by atoms with Crippen molar-refractivity contribution in [3.05, 3.63) is 75.4 Å². The lowest BCUT2D eigenvalue weighted by Gasteiger charge is -2.19. The molecule has 0 fully saturated rings. The number of pyridine rings is 1. The fraction of sp³-hybridized carbons (Fsp3) is 0.0625. The van der Waals surface area contributed by atoms with Crippen LogP contribution in [0.4, 0.5) is 0 Å². The van der Waals surface area contributed by atoms with Gasteiger partial charge in [-0.05, 0) is 39.7 Å². The zero-order valence-corrected chi connectivity index (χ0v) is 13.4. The van der Waals surface area contributed by atoms with Gasteiger partial charge in [-0.15, -0.1) is 0 Å². The first-order valence-electron chi connectivity index (χ1n) is 6.46. The normalized spacial score (nSPS) is 12.5. The Morgan fingerprint density at radius 1 is 1.10 bits per heavy atom. The maximum atomic E-state index is 6.28. The van der Waals surface area contributed by atoms with Gasteiger partial charge in [-0.3, -0.25) is 5.84 Å². The standard InChI is InChI=1S/C16H13BrClN3/c17-12-9-10-5-1-4-8-14(10)20-16(12)15(21-19)11-6-2-3-7-13(11)18/h1-9,15,21H,19H2. The lowest BCUT2D eigenvalue weighted by molar-refractivity contribution is 0.620. The van der Waals surface area contributed by atoms with E-state index >= 15 is 0 Å². The third kappa shape index (κ3) is 2.80. The molecular formula is C16H13BrClN3. The molecule has 3 N–H and O–H groups in total. The molecule has 0 saturated carbocycles. The monoisotopic (exact) mass is 361 g/mol. The Hall–Kier alpha value is -1.46. The average Bonchev–Trinajstić information content (AvgIpc) is 2.50. The maximum absolute atomic E-state index is 6.28. The second-order valence-corrected chi connectivity index (χ2v) is 5.93. The molecule has 0 radical (unpaired) electrons. The molecule has 5 heteroatoms. The van der Waals surface area contributed by atoms with E-state index in [1.807, 2.05) is 54.6 Å². The highest BCUT2D eigenvalue weighted by atomic mass is 79.9. The number of halogens is 2. The van der Waals surface area contributed by atoms with Crippen LogP contribution in [0.2, 0.25) is 5.02 Å². The first kappa shape index (κ1) is 14.5. The molecule has 1 unspecified atom stereocenters. The Balaban J connectivity index is 2.17. The van der Waals surface area contributed by atoms with Crippen LogP contribution in [0.1, 0.15) is 17.3 Å². The van der Waals surface area contributed by atoms with Gasteiger partial charge < -0.3 is 0 Å². The van der Waals surface area contributed by atoms with Gasteiger partial charge in [-0.25, -0.2) is 10.4 Å². The molecule has 3 rings (SSSR count). The molecule has 106 valence electrons. The van der Waals surface area contributed by atoms with Crippen LogP contribution >= 0.6 is 27.5 Å². The van der Waals surface area contributed by atoms with E-state index in [1.54, 1.807) is 0 Å². The van der Waals surface area contributed by atoms with E-state index in [-0.39, 0.29) is 6.04 Å². The van der Waals surface area contributed by atoms with Crippen LogP contribution in [-0.4, -0.2) is 4.98 Å². The minimum absolute atomic E-state index is 0.280. The van der Waals surface area contributed by atoms with E-state index in [1.165, 1.54) is 0 Å². The third-order valence-electron chi connectivity index (χ3n) is 3.36. The number of rotatable bonds is 3. The highest BCUT2D eigenvalue weighted by Gasteiger charge is 2.20. The predicted octanol–water partition coefficient (Wildman–Crippen LogP) is 4.20. The van der Waals surface area contributed by atoms with E-state index in [0.717, 1.165) is 26.6 Å². The lowest BCUT2D eigenvalue weighted by atomic mass is 10.0. The summed E-state index contributed by atoms with van der Waals surface area (Å²) in [6.07, 6.45) is 0. The van der Waals surface area contributed by atoms with Crippen molar-refractivity contribution >= 4 is 38.4 Å². The number of aromatic nitrogens is 1. The molecule has 21 heavy (non-hydrogen) atoms. The molecule has 0 bridgehead atoms. The minimum atomic E-state index is -0.280. The maximum Gasteiger partial charge on any atom is 0.0907 e. The number of fused-ring (bicyclic) bond motifs is 1. The Labute approximate surface area is 136 Å². The summed E-state index contributed by atoms with van der Waals surface area (Å²) in [5, 5.41) is 1.73. The number of para-hydroxylation sites is 1. The van der Waals surface area contributed by atoms with E-state index in [9.17, 15) is 0 Å². The van der Waals surface area contributed by atoms with E-state index in [2.05, 4.69) is 21.4 Å². The van der Waals surface area contributed by atoms with Gasteiger partial charge in [0.2, 0.25) is 0 Å². The van der Waals surface area contributed by atoms with Crippen LogP contribution in [0.5, 0.6) is 0 Å². The van der Waals surface area contributed by atoms with Crippen molar-refractivity contribution in [1.29, 1.82) is 0 Å². The van der Waals surface area contributed by atoms with Gasteiger partial charge in [-0.1, -0.05) is 48.0 Å². The van der Waals surface area contributed by atoms with E-state index in [0.29, 0.717) is 5.02 Å². The summed E-state index contributed by atoms with van der Waals surface area (Å²) in [4.78, 5) is 4.72. The molecule has 1 atom stereocenters. The van der Waals surface area contributed by atoms with Crippen molar-refractivity contribution < 1.29 is 0 Å². The molecular weight excluding hydrogens is 350 g/mol. The van der Waals surface area contributed by atoms with Crippen molar-refractivity contribution in [3.8, 4) is 0 Å².